The van der Waals surface area contributed by atoms with E-state index in [2.05, 4.69) is 39.4 Å². The zero-order valence-corrected chi connectivity index (χ0v) is 29.7. The van der Waals surface area contributed by atoms with Crippen molar-refractivity contribution >= 4 is 43.7 Å². The molecule has 0 spiro atoms. The van der Waals surface area contributed by atoms with Crippen LogP contribution in [0.3, 0.4) is 0 Å². The second-order valence-corrected chi connectivity index (χ2v) is 15.5. The van der Waals surface area contributed by atoms with Gasteiger partial charge in [-0.05, 0) is 37.1 Å². The van der Waals surface area contributed by atoms with Crippen LogP contribution in [0.1, 0.15) is 11.1 Å². The van der Waals surface area contributed by atoms with Crippen LogP contribution in [0.4, 0.5) is 0 Å². The number of ether oxygens (including phenoxy) is 1. The van der Waals surface area contributed by atoms with Crippen LogP contribution in [0.5, 0.6) is 0 Å². The fourth-order valence-electron chi connectivity index (χ4n) is 5.95. The lowest BCUT2D eigenvalue weighted by Gasteiger charge is -2.30. The molecule has 0 aliphatic carbocycles. The molecule has 1 saturated heterocycles. The summed E-state index contributed by atoms with van der Waals surface area (Å²) in [4.78, 5) is 59.2. The molecule has 24 nitrogen and oxygen atoms in total. The summed E-state index contributed by atoms with van der Waals surface area (Å²) in [6.07, 6.45) is -11.8. The van der Waals surface area contributed by atoms with E-state index in [0.29, 0.717) is 22.6 Å². The number of amidine groups is 1. The summed E-state index contributed by atoms with van der Waals surface area (Å²) < 4.78 is 45.6. The summed E-state index contributed by atoms with van der Waals surface area (Å²) in [6, 6.07) is 3.34. The highest BCUT2D eigenvalue weighted by Gasteiger charge is 2.49. The van der Waals surface area contributed by atoms with Gasteiger partial charge in [-0.15, -0.1) is 0 Å². The Balaban J connectivity index is 1.06. The van der Waals surface area contributed by atoms with E-state index in [0.717, 1.165) is 11.1 Å². The van der Waals surface area contributed by atoms with Crippen LogP contribution in [-0.2, 0) is 33.8 Å². The van der Waals surface area contributed by atoms with Gasteiger partial charge in [0.2, 0.25) is 5.52 Å². The number of phosphoric acid groups is 2. The molecule has 3 aliphatic rings. The summed E-state index contributed by atoms with van der Waals surface area (Å²) in [5.74, 6) is 0.635. The zero-order valence-electron chi connectivity index (χ0n) is 27.9. The topological polar surface area (TPSA) is 361 Å². The first-order valence-corrected chi connectivity index (χ1v) is 18.8. The van der Waals surface area contributed by atoms with Gasteiger partial charge in [-0.3, -0.25) is 18.8 Å². The van der Waals surface area contributed by atoms with Crippen molar-refractivity contribution < 1.29 is 67.1 Å². The number of hydrogen-bond acceptors (Lipinski definition) is 19. The van der Waals surface area contributed by atoms with E-state index >= 15 is 0 Å². The second-order valence-electron chi connectivity index (χ2n) is 12.4. The van der Waals surface area contributed by atoms with E-state index in [9.17, 15) is 54.0 Å². The molecule has 1 fully saturated rings. The predicted molar refractivity (Wildman–Crippen MR) is 178 cm³/mol. The number of aromatic nitrogens is 4. The molecule has 6 rings (SSSR count). The van der Waals surface area contributed by atoms with E-state index < -0.39 is 89.5 Å². The van der Waals surface area contributed by atoms with E-state index in [1.165, 1.54) is 9.47 Å². The van der Waals surface area contributed by atoms with Crippen LogP contribution in [0, 0.1) is 13.8 Å². The Morgan fingerprint density at radius 2 is 1.74 bits per heavy atom. The lowest BCUT2D eigenvalue weighted by molar-refractivity contribution is -0.657. The highest BCUT2D eigenvalue weighted by Crippen LogP contribution is 2.60. The van der Waals surface area contributed by atoms with Gasteiger partial charge in [-0.25, -0.2) is 28.5 Å². The smallest absolute Gasteiger partial charge is 0.388 e. The number of hydrogen-bond donors (Lipinski definition) is 12. The maximum absolute atomic E-state index is 12.6. The number of aliphatic hydroxyl groups is 5. The summed E-state index contributed by atoms with van der Waals surface area (Å²) in [5, 5.41) is 59.1. The summed E-state index contributed by atoms with van der Waals surface area (Å²) in [6.45, 7) is 1.15. The number of fused-ring (bicyclic) bond motifs is 2. The third-order valence-corrected chi connectivity index (χ3v) is 11.4. The number of nitrogens with zero attached hydrogens (tertiary/aromatic N) is 4. The molecule has 3 aliphatic heterocycles. The summed E-state index contributed by atoms with van der Waals surface area (Å²) in [7, 11) is -11.0. The van der Waals surface area contributed by atoms with Crippen molar-refractivity contribution in [2.45, 2.75) is 63.2 Å². The fourth-order valence-corrected chi connectivity index (χ4v) is 8.04. The van der Waals surface area contributed by atoms with Gasteiger partial charge in [0.1, 0.15) is 72.7 Å². The lowest BCUT2D eigenvalue weighted by atomic mass is 10.1. The highest BCUT2D eigenvalue weighted by atomic mass is 31.3. The maximum Gasteiger partial charge on any atom is 0.481 e. The molecule has 2 unspecified atom stereocenters. The minimum Gasteiger partial charge on any atom is -0.388 e. The number of aliphatic imine (C=N–C) groups is 1. The molecule has 26 heteroatoms. The van der Waals surface area contributed by atoms with Gasteiger partial charge >= 0.3 is 27.0 Å². The van der Waals surface area contributed by atoms with E-state index in [-0.39, 0.29) is 30.3 Å². The van der Waals surface area contributed by atoms with Gasteiger partial charge in [-0.2, -0.15) is 9.29 Å². The lowest BCUT2D eigenvalue weighted by Crippen LogP contribution is -2.51. The number of aryl methyl sites for hydroxylation is 2. The Hall–Kier alpha value is -3.87. The first kappa shape index (κ1) is 38.8. The van der Waals surface area contributed by atoms with Crippen LogP contribution >= 0.6 is 15.6 Å². The van der Waals surface area contributed by atoms with Crippen molar-refractivity contribution in [3.05, 3.63) is 55.6 Å². The highest BCUT2D eigenvalue weighted by molar-refractivity contribution is 7.61. The van der Waals surface area contributed by atoms with Gasteiger partial charge in [0.15, 0.2) is 11.7 Å². The average molecular weight is 791 g/mol. The fraction of sp³-hybridized carbons (Fsp3) is 0.519. The van der Waals surface area contributed by atoms with Gasteiger partial charge in [0.05, 0.1) is 19.9 Å². The normalized spacial score (nSPS) is 25.7. The molecule has 1 aromatic carbocycles. The molecule has 0 amide bonds. The number of aromatic amines is 2. The second kappa shape index (κ2) is 14.8. The number of H-pyrrole nitrogens is 2. The van der Waals surface area contributed by atoms with Gasteiger partial charge in [-0.1, -0.05) is 0 Å². The van der Waals surface area contributed by atoms with Crippen LogP contribution in [0.25, 0.3) is 22.2 Å². The molecule has 3 aromatic rings. The van der Waals surface area contributed by atoms with Crippen LogP contribution in [-0.4, -0.2) is 130 Å². The zero-order chi connectivity index (χ0) is 38.6. The number of aliphatic hydroxyl groups excluding tert-OH is 5. The molecule has 13 N–H and O–H groups in total. The Labute approximate surface area is 297 Å². The van der Waals surface area contributed by atoms with Crippen LogP contribution < -0.4 is 32.2 Å². The van der Waals surface area contributed by atoms with Gasteiger partial charge in [0.25, 0.3) is 5.56 Å². The molecular weight excluding hydrogens is 752 g/mol. The first-order chi connectivity index (χ1) is 24.9. The largest absolute Gasteiger partial charge is 0.481 e. The molecule has 0 radical (unpaired) electrons. The number of phosphoric ester groups is 2. The van der Waals surface area contributed by atoms with Crippen molar-refractivity contribution in [3.8, 4) is 0 Å². The standard InChI is InChI=1S/C27H37N9O15P2/c1-10-3-12-13(4-11(10)2)35(24-18(32-12)25(42)34-27(43)33-24)5-14(37)19(39)15(38)6-48-52(44,45)51-53(46,47)49-7-16-20(40)21(41)26(50-16)36-9-31-17-22(28)29-8-30-23(17)36/h3-4,14-16,19-21,26,37-41H,5-9H2,1-2H3,(H7,28,29,30,31,32,33,34,42,43,44,45,46,47)/p+1/t14-,15+,16-,19-,20+,21-,26+/m0/s1. The molecular formula is C27H38N9O15P2+. The molecule has 2 aromatic heterocycles. The average Bonchev–Trinajstić information content (AvgIpc) is 3.63. The molecule has 0 bridgehead atoms. The van der Waals surface area contributed by atoms with Gasteiger partial charge < -0.3 is 61.3 Å². The minimum absolute atomic E-state index is 0.0952. The van der Waals surface area contributed by atoms with Crippen molar-refractivity contribution in [1.29, 1.82) is 0 Å². The summed E-state index contributed by atoms with van der Waals surface area (Å²) >= 11 is 0. The Bertz CT molecular complexity index is 2200. The van der Waals surface area contributed by atoms with E-state index in [1.807, 2.05) is 0 Å². The van der Waals surface area contributed by atoms with Crippen molar-refractivity contribution in [2.75, 3.05) is 26.6 Å². The molecule has 5 heterocycles. The third kappa shape index (κ3) is 8.00. The SMILES string of the molecule is Cc1cc2nc3c(=O)[nH]c(=O)[nH]c3[n+](C[C@H](O)[C@H](O)[C@H](O)COP(=O)(O)OP(=O)(O)OC[C@@H]3O[C@@H](N4CNC5=C4NCN=C5N)[C@@H](O)[C@@H]3O)c2cc1C. The number of nitrogens with two attached hydrogens (primary N) is 1. The van der Waals surface area contributed by atoms with E-state index in [4.69, 9.17) is 15.0 Å². The number of nitrogens with one attached hydrogen (secondary N) is 4. The number of benzene rings is 1. The minimum atomic E-state index is -5.52. The van der Waals surface area contributed by atoms with E-state index in [1.54, 1.807) is 26.0 Å². The maximum atomic E-state index is 12.6. The number of rotatable bonds is 13. The van der Waals surface area contributed by atoms with Crippen molar-refractivity contribution in [1.82, 2.24) is 30.5 Å². The van der Waals surface area contributed by atoms with Crippen molar-refractivity contribution in [2.24, 2.45) is 10.7 Å². The monoisotopic (exact) mass is 790 g/mol. The Morgan fingerprint density at radius 1 is 1.04 bits per heavy atom. The van der Waals surface area contributed by atoms with Crippen LogP contribution in [0.15, 0.2) is 38.2 Å². The van der Waals surface area contributed by atoms with Gasteiger partial charge in [0, 0.05) is 0 Å². The van der Waals surface area contributed by atoms with Crippen LogP contribution in [0.2, 0.25) is 0 Å². The first-order valence-electron chi connectivity index (χ1n) is 15.8. The predicted octanol–water partition coefficient (Wildman–Crippen LogP) is -4.60. The molecule has 9 atom stereocenters. The molecule has 0 saturated carbocycles. The third-order valence-electron chi connectivity index (χ3n) is 8.80. The quantitative estimate of drug-likeness (QED) is 0.0440. The molecule has 53 heavy (non-hydrogen) atoms. The molecule has 290 valence electrons. The Kier molecular flexibility index (Phi) is 10.8. The van der Waals surface area contributed by atoms with Crippen molar-refractivity contribution in [3.63, 3.8) is 0 Å². The Morgan fingerprint density at radius 3 is 2.47 bits per heavy atom. The summed E-state index contributed by atoms with van der Waals surface area (Å²) in [5.41, 5.74) is 6.55.